The third kappa shape index (κ3) is 3.35. The highest BCUT2D eigenvalue weighted by molar-refractivity contribution is 7.98. The minimum atomic E-state index is -0.878. The second kappa shape index (κ2) is 6.70. The summed E-state index contributed by atoms with van der Waals surface area (Å²) in [4.78, 5) is 12.0. The lowest BCUT2D eigenvalue weighted by atomic mass is 10.2. The molecule has 0 aromatic heterocycles. The van der Waals surface area contributed by atoms with E-state index in [1.165, 1.54) is 11.8 Å². The average molecular weight is 257 g/mol. The van der Waals surface area contributed by atoms with Gasteiger partial charge in [-0.2, -0.15) is 11.8 Å². The van der Waals surface area contributed by atoms with E-state index in [0.29, 0.717) is 11.3 Å². The second-order valence-corrected chi connectivity index (χ2v) is 4.94. The Hall–Kier alpha value is -0.810. The van der Waals surface area contributed by atoms with Crippen molar-refractivity contribution in [1.29, 1.82) is 0 Å². The minimum Gasteiger partial charge on any atom is -0.478 e. The molecule has 88 valence electrons. The predicted molar refractivity (Wildman–Crippen MR) is 72.1 cm³/mol. The van der Waals surface area contributed by atoms with Crippen LogP contribution in [0.15, 0.2) is 23.1 Å². The molecule has 0 bridgehead atoms. The van der Waals surface area contributed by atoms with Crippen LogP contribution in [0.3, 0.4) is 0 Å². The Kier molecular flexibility index (Phi) is 5.55. The normalized spacial score (nSPS) is 10.1. The first-order chi connectivity index (χ1) is 7.70. The summed E-state index contributed by atoms with van der Waals surface area (Å²) in [6.45, 7) is 0.777. The molecule has 0 saturated carbocycles. The molecule has 1 rings (SSSR count). The number of thioether (sulfide) groups is 2. The van der Waals surface area contributed by atoms with Crippen LogP contribution in [0.4, 0.5) is 5.69 Å². The van der Waals surface area contributed by atoms with Gasteiger partial charge in [-0.15, -0.1) is 11.8 Å². The molecule has 3 nitrogen and oxygen atoms in total. The van der Waals surface area contributed by atoms with Crippen LogP contribution in [0.2, 0.25) is 0 Å². The number of carboxylic acid groups (broad SMARTS) is 1. The number of rotatable bonds is 6. The molecule has 0 amide bonds. The molecule has 0 spiro atoms. The van der Waals surface area contributed by atoms with E-state index < -0.39 is 5.97 Å². The topological polar surface area (TPSA) is 49.3 Å². The fourth-order valence-electron chi connectivity index (χ4n) is 1.36. The van der Waals surface area contributed by atoms with Crippen molar-refractivity contribution in [3.63, 3.8) is 0 Å². The number of benzene rings is 1. The third-order valence-electron chi connectivity index (χ3n) is 2.08. The van der Waals surface area contributed by atoms with Gasteiger partial charge in [0.1, 0.15) is 0 Å². The van der Waals surface area contributed by atoms with Gasteiger partial charge in [-0.3, -0.25) is 0 Å². The summed E-state index contributed by atoms with van der Waals surface area (Å²) in [7, 11) is 0. The Bertz CT molecular complexity index is 369. The fraction of sp³-hybridized carbons (Fsp3) is 0.364. The predicted octanol–water partition coefficient (Wildman–Crippen LogP) is 2.88. The zero-order chi connectivity index (χ0) is 12.0. The van der Waals surface area contributed by atoms with E-state index in [1.807, 2.05) is 30.7 Å². The highest BCUT2D eigenvalue weighted by atomic mass is 32.2. The summed E-state index contributed by atoms with van der Waals surface area (Å²) in [6, 6.07) is 5.51. The van der Waals surface area contributed by atoms with E-state index in [4.69, 9.17) is 0 Å². The first-order valence-corrected chi connectivity index (χ1v) is 7.45. The highest BCUT2D eigenvalue weighted by Gasteiger charge is 2.14. The van der Waals surface area contributed by atoms with Crippen molar-refractivity contribution in [2.75, 3.05) is 30.1 Å². The first kappa shape index (κ1) is 13.3. The van der Waals surface area contributed by atoms with Crippen molar-refractivity contribution < 1.29 is 9.90 Å². The Morgan fingerprint density at radius 3 is 2.75 bits per heavy atom. The molecular weight excluding hydrogens is 242 g/mol. The molecule has 1 aromatic rings. The second-order valence-electron chi connectivity index (χ2n) is 3.11. The molecule has 0 fully saturated rings. The zero-order valence-corrected chi connectivity index (χ0v) is 11.0. The first-order valence-electron chi connectivity index (χ1n) is 4.83. The number of carbonyl (C=O) groups is 1. The van der Waals surface area contributed by atoms with Crippen LogP contribution >= 0.6 is 23.5 Å². The van der Waals surface area contributed by atoms with E-state index in [1.54, 1.807) is 11.8 Å². The van der Waals surface area contributed by atoms with Gasteiger partial charge in [0.15, 0.2) is 0 Å². The number of anilines is 1. The van der Waals surface area contributed by atoms with Crippen LogP contribution in [0.25, 0.3) is 0 Å². The third-order valence-corrected chi connectivity index (χ3v) is 3.47. The Balaban J connectivity index is 2.93. The molecule has 5 heteroatoms. The number of carboxylic acids is 1. The molecule has 0 aliphatic heterocycles. The van der Waals surface area contributed by atoms with E-state index in [9.17, 15) is 9.90 Å². The largest absolute Gasteiger partial charge is 0.478 e. The standard InChI is InChI=1S/C11H15NO2S2/c1-15-7-6-12-8-4-3-5-9(16-2)10(8)11(13)14/h3-5,12H,6-7H2,1-2H3,(H,13,14). The quantitative estimate of drug-likeness (QED) is 0.606. The van der Waals surface area contributed by atoms with Crippen molar-refractivity contribution in [2.24, 2.45) is 0 Å². The van der Waals surface area contributed by atoms with Gasteiger partial charge >= 0.3 is 5.97 Å². The lowest BCUT2D eigenvalue weighted by Gasteiger charge is -2.11. The van der Waals surface area contributed by atoms with E-state index >= 15 is 0 Å². The van der Waals surface area contributed by atoms with Crippen molar-refractivity contribution in [3.8, 4) is 0 Å². The Morgan fingerprint density at radius 2 is 2.19 bits per heavy atom. The van der Waals surface area contributed by atoms with Gasteiger partial charge in [0.05, 0.1) is 5.56 Å². The maximum atomic E-state index is 11.2. The molecule has 1 aromatic carbocycles. The Morgan fingerprint density at radius 1 is 1.44 bits per heavy atom. The maximum Gasteiger partial charge on any atom is 0.338 e. The fourth-order valence-corrected chi connectivity index (χ4v) is 2.28. The van der Waals surface area contributed by atoms with Gasteiger partial charge in [-0.25, -0.2) is 4.79 Å². The van der Waals surface area contributed by atoms with Crippen LogP contribution in [0.1, 0.15) is 10.4 Å². The van der Waals surface area contributed by atoms with Crippen LogP contribution in [0.5, 0.6) is 0 Å². The van der Waals surface area contributed by atoms with Crippen molar-refractivity contribution >= 4 is 35.2 Å². The number of hydrogen-bond acceptors (Lipinski definition) is 4. The molecule has 0 radical (unpaired) electrons. The van der Waals surface area contributed by atoms with Gasteiger partial charge in [-0.05, 0) is 24.6 Å². The van der Waals surface area contributed by atoms with Gasteiger partial charge in [-0.1, -0.05) is 6.07 Å². The lowest BCUT2D eigenvalue weighted by molar-refractivity contribution is 0.0694. The zero-order valence-electron chi connectivity index (χ0n) is 9.32. The average Bonchev–Trinajstić information content (AvgIpc) is 2.28. The summed E-state index contributed by atoms with van der Waals surface area (Å²) in [6.07, 6.45) is 3.91. The summed E-state index contributed by atoms with van der Waals surface area (Å²) in [5.41, 5.74) is 1.07. The minimum absolute atomic E-state index is 0.371. The van der Waals surface area contributed by atoms with E-state index in [-0.39, 0.29) is 0 Å². The van der Waals surface area contributed by atoms with E-state index in [2.05, 4.69) is 5.32 Å². The van der Waals surface area contributed by atoms with Gasteiger partial charge in [0, 0.05) is 22.9 Å². The number of nitrogens with one attached hydrogen (secondary N) is 1. The summed E-state index contributed by atoms with van der Waals surface area (Å²) < 4.78 is 0. The SMILES string of the molecule is CSCCNc1cccc(SC)c1C(=O)O. The summed E-state index contributed by atoms with van der Waals surface area (Å²) in [5, 5.41) is 12.3. The van der Waals surface area contributed by atoms with Gasteiger partial charge in [0.2, 0.25) is 0 Å². The maximum absolute atomic E-state index is 11.2. The molecule has 0 atom stereocenters. The smallest absolute Gasteiger partial charge is 0.338 e. The molecule has 0 aliphatic rings. The molecule has 0 unspecified atom stereocenters. The summed E-state index contributed by atoms with van der Waals surface area (Å²) in [5.74, 6) is 0.0827. The van der Waals surface area contributed by atoms with Crippen LogP contribution in [-0.2, 0) is 0 Å². The van der Waals surface area contributed by atoms with Gasteiger partial charge < -0.3 is 10.4 Å². The molecule has 0 heterocycles. The lowest BCUT2D eigenvalue weighted by Crippen LogP contribution is -2.10. The Labute approximate surface area is 104 Å². The molecule has 16 heavy (non-hydrogen) atoms. The molecular formula is C11H15NO2S2. The van der Waals surface area contributed by atoms with Crippen molar-refractivity contribution in [2.45, 2.75) is 4.90 Å². The molecule has 0 aliphatic carbocycles. The van der Waals surface area contributed by atoms with Gasteiger partial charge in [0.25, 0.3) is 0 Å². The van der Waals surface area contributed by atoms with Crippen LogP contribution in [-0.4, -0.2) is 35.9 Å². The van der Waals surface area contributed by atoms with Crippen LogP contribution in [0, 0.1) is 0 Å². The monoisotopic (exact) mass is 257 g/mol. The van der Waals surface area contributed by atoms with E-state index in [0.717, 1.165) is 17.2 Å². The van der Waals surface area contributed by atoms with Crippen LogP contribution < -0.4 is 5.32 Å². The number of hydrogen-bond donors (Lipinski definition) is 2. The molecule has 2 N–H and O–H groups in total. The number of aromatic carboxylic acids is 1. The highest BCUT2D eigenvalue weighted by Crippen LogP contribution is 2.27. The molecule has 0 saturated heterocycles. The van der Waals surface area contributed by atoms with Crippen molar-refractivity contribution in [3.05, 3.63) is 23.8 Å². The van der Waals surface area contributed by atoms with Crippen molar-refractivity contribution in [1.82, 2.24) is 0 Å². The summed E-state index contributed by atoms with van der Waals surface area (Å²) >= 11 is 3.18.